The standard InChI is InChI=1S/C15H15ClN2O2/c16-13-7-6-12(11-4-2-1-3-5-11)10-14(13)18-15(20)17-8-9-19/h1-7,10,19H,8-9H2,(H2,17,18,20). The van der Waals surface area contributed by atoms with Crippen LogP contribution >= 0.6 is 11.6 Å². The third kappa shape index (κ3) is 3.73. The Morgan fingerprint density at radius 1 is 1.10 bits per heavy atom. The summed E-state index contributed by atoms with van der Waals surface area (Å²) in [7, 11) is 0. The molecule has 2 aromatic carbocycles. The van der Waals surface area contributed by atoms with Crippen molar-refractivity contribution >= 4 is 23.3 Å². The summed E-state index contributed by atoms with van der Waals surface area (Å²) in [6, 6.07) is 14.9. The van der Waals surface area contributed by atoms with Crippen LogP contribution in [-0.4, -0.2) is 24.3 Å². The maximum Gasteiger partial charge on any atom is 0.319 e. The SMILES string of the molecule is O=C(NCCO)Nc1cc(-c2ccccc2)ccc1Cl. The molecule has 0 saturated heterocycles. The van der Waals surface area contributed by atoms with Gasteiger partial charge in [0.05, 0.1) is 17.3 Å². The first-order valence-corrected chi connectivity index (χ1v) is 6.59. The Hall–Kier alpha value is -2.04. The molecule has 2 rings (SSSR count). The number of carbonyl (C=O) groups excluding carboxylic acids is 1. The van der Waals surface area contributed by atoms with Gasteiger partial charge in [0.1, 0.15) is 0 Å². The van der Waals surface area contributed by atoms with Crippen molar-refractivity contribution in [2.24, 2.45) is 0 Å². The molecule has 0 heterocycles. The van der Waals surface area contributed by atoms with E-state index in [1.54, 1.807) is 6.07 Å². The van der Waals surface area contributed by atoms with E-state index in [9.17, 15) is 4.79 Å². The summed E-state index contributed by atoms with van der Waals surface area (Å²) >= 11 is 6.07. The second-order valence-electron chi connectivity index (χ2n) is 4.17. The van der Waals surface area contributed by atoms with Crippen molar-refractivity contribution in [3.05, 3.63) is 53.6 Å². The normalized spacial score (nSPS) is 10.1. The summed E-state index contributed by atoms with van der Waals surface area (Å²) in [5.41, 5.74) is 2.54. The number of amides is 2. The first kappa shape index (κ1) is 14.4. The van der Waals surface area contributed by atoms with Gasteiger partial charge >= 0.3 is 6.03 Å². The van der Waals surface area contributed by atoms with Gasteiger partial charge in [-0.15, -0.1) is 0 Å². The number of aliphatic hydroxyl groups excluding tert-OH is 1. The Morgan fingerprint density at radius 3 is 2.55 bits per heavy atom. The molecule has 5 heteroatoms. The van der Waals surface area contributed by atoms with Crippen molar-refractivity contribution in [1.29, 1.82) is 0 Å². The molecule has 0 unspecified atom stereocenters. The van der Waals surface area contributed by atoms with E-state index in [-0.39, 0.29) is 13.2 Å². The zero-order chi connectivity index (χ0) is 14.4. The van der Waals surface area contributed by atoms with Crippen LogP contribution in [0.2, 0.25) is 5.02 Å². The minimum atomic E-state index is -0.397. The fourth-order valence-electron chi connectivity index (χ4n) is 1.77. The highest BCUT2D eigenvalue weighted by Crippen LogP contribution is 2.28. The number of benzene rings is 2. The summed E-state index contributed by atoms with van der Waals surface area (Å²) in [6.45, 7) is 0.0903. The molecular formula is C15H15ClN2O2. The van der Waals surface area contributed by atoms with E-state index >= 15 is 0 Å². The fraction of sp³-hybridized carbons (Fsp3) is 0.133. The van der Waals surface area contributed by atoms with Crippen LogP contribution in [0, 0.1) is 0 Å². The Labute approximate surface area is 122 Å². The van der Waals surface area contributed by atoms with Crippen LogP contribution in [0.4, 0.5) is 10.5 Å². The van der Waals surface area contributed by atoms with Crippen molar-refractivity contribution in [1.82, 2.24) is 5.32 Å². The van der Waals surface area contributed by atoms with Crippen LogP contribution in [-0.2, 0) is 0 Å². The number of hydrogen-bond donors (Lipinski definition) is 3. The van der Waals surface area contributed by atoms with E-state index in [1.807, 2.05) is 42.5 Å². The molecule has 0 spiro atoms. The molecule has 2 aromatic rings. The van der Waals surface area contributed by atoms with Crippen molar-refractivity contribution in [2.45, 2.75) is 0 Å². The maximum atomic E-state index is 11.6. The summed E-state index contributed by atoms with van der Waals surface area (Å²) in [6.07, 6.45) is 0. The topological polar surface area (TPSA) is 61.4 Å². The summed E-state index contributed by atoms with van der Waals surface area (Å²) < 4.78 is 0. The van der Waals surface area contributed by atoms with Crippen molar-refractivity contribution in [3.63, 3.8) is 0 Å². The van der Waals surface area contributed by atoms with Crippen molar-refractivity contribution < 1.29 is 9.90 Å². The van der Waals surface area contributed by atoms with Gasteiger partial charge in [0, 0.05) is 6.54 Å². The first-order chi connectivity index (χ1) is 9.70. The summed E-state index contributed by atoms with van der Waals surface area (Å²) in [5, 5.41) is 14.3. The van der Waals surface area contributed by atoms with Crippen LogP contribution in [0.25, 0.3) is 11.1 Å². The number of aliphatic hydroxyl groups is 1. The average molecular weight is 291 g/mol. The van der Waals surface area contributed by atoms with Gasteiger partial charge in [-0.3, -0.25) is 0 Å². The molecule has 3 N–H and O–H groups in total. The third-order valence-electron chi connectivity index (χ3n) is 2.72. The van der Waals surface area contributed by atoms with E-state index in [0.29, 0.717) is 10.7 Å². The van der Waals surface area contributed by atoms with E-state index in [0.717, 1.165) is 11.1 Å². The second-order valence-corrected chi connectivity index (χ2v) is 4.57. The lowest BCUT2D eigenvalue weighted by Crippen LogP contribution is -2.31. The quantitative estimate of drug-likeness (QED) is 0.810. The monoisotopic (exact) mass is 290 g/mol. The summed E-state index contributed by atoms with van der Waals surface area (Å²) in [4.78, 5) is 11.6. The lowest BCUT2D eigenvalue weighted by molar-refractivity contribution is 0.245. The van der Waals surface area contributed by atoms with Gasteiger partial charge in [0.25, 0.3) is 0 Å². The maximum absolute atomic E-state index is 11.6. The van der Waals surface area contributed by atoms with Gasteiger partial charge in [0.15, 0.2) is 0 Å². The van der Waals surface area contributed by atoms with Crippen LogP contribution in [0.3, 0.4) is 0 Å². The molecule has 0 radical (unpaired) electrons. The van der Waals surface area contributed by atoms with E-state index < -0.39 is 6.03 Å². The molecule has 0 aliphatic heterocycles. The predicted octanol–water partition coefficient (Wildman–Crippen LogP) is 3.12. The summed E-state index contributed by atoms with van der Waals surface area (Å²) in [5.74, 6) is 0. The van der Waals surface area contributed by atoms with E-state index in [4.69, 9.17) is 16.7 Å². The smallest absolute Gasteiger partial charge is 0.319 e. The van der Waals surface area contributed by atoms with Crippen LogP contribution in [0.15, 0.2) is 48.5 Å². The van der Waals surface area contributed by atoms with E-state index in [1.165, 1.54) is 0 Å². The second kappa shape index (κ2) is 6.93. The molecule has 2 amide bonds. The van der Waals surface area contributed by atoms with Gasteiger partial charge in [-0.2, -0.15) is 0 Å². The van der Waals surface area contributed by atoms with Gasteiger partial charge in [-0.25, -0.2) is 4.79 Å². The van der Waals surface area contributed by atoms with Gasteiger partial charge < -0.3 is 15.7 Å². The Kier molecular flexibility index (Phi) is 4.98. The number of rotatable bonds is 4. The van der Waals surface area contributed by atoms with Crippen LogP contribution in [0.5, 0.6) is 0 Å². The number of urea groups is 1. The zero-order valence-electron chi connectivity index (χ0n) is 10.8. The molecule has 0 aromatic heterocycles. The number of carbonyl (C=O) groups is 1. The highest BCUT2D eigenvalue weighted by molar-refractivity contribution is 6.33. The fourth-order valence-corrected chi connectivity index (χ4v) is 1.93. The molecular weight excluding hydrogens is 276 g/mol. The van der Waals surface area contributed by atoms with Gasteiger partial charge in [0.2, 0.25) is 0 Å². The Bertz CT molecular complexity index is 588. The molecule has 4 nitrogen and oxygen atoms in total. The Balaban J connectivity index is 2.19. The molecule has 0 saturated carbocycles. The van der Waals surface area contributed by atoms with Crippen LogP contribution in [0.1, 0.15) is 0 Å². The molecule has 0 aliphatic rings. The number of hydrogen-bond acceptors (Lipinski definition) is 2. The molecule has 0 fully saturated rings. The largest absolute Gasteiger partial charge is 0.395 e. The molecule has 20 heavy (non-hydrogen) atoms. The number of halogens is 1. The lowest BCUT2D eigenvalue weighted by Gasteiger charge is -2.10. The average Bonchev–Trinajstić information content (AvgIpc) is 2.48. The zero-order valence-corrected chi connectivity index (χ0v) is 11.5. The minimum Gasteiger partial charge on any atom is -0.395 e. The molecule has 0 bridgehead atoms. The predicted molar refractivity (Wildman–Crippen MR) is 81.0 cm³/mol. The Morgan fingerprint density at radius 2 is 1.85 bits per heavy atom. The van der Waals surface area contributed by atoms with Crippen LogP contribution < -0.4 is 10.6 Å². The third-order valence-corrected chi connectivity index (χ3v) is 3.05. The minimum absolute atomic E-state index is 0.106. The number of nitrogens with one attached hydrogen (secondary N) is 2. The molecule has 0 atom stereocenters. The lowest BCUT2D eigenvalue weighted by atomic mass is 10.1. The highest BCUT2D eigenvalue weighted by Gasteiger charge is 2.07. The highest BCUT2D eigenvalue weighted by atomic mass is 35.5. The number of anilines is 1. The van der Waals surface area contributed by atoms with Crippen molar-refractivity contribution in [2.75, 3.05) is 18.5 Å². The molecule has 104 valence electrons. The first-order valence-electron chi connectivity index (χ1n) is 6.21. The van der Waals surface area contributed by atoms with Gasteiger partial charge in [-0.1, -0.05) is 48.0 Å². The van der Waals surface area contributed by atoms with Gasteiger partial charge in [-0.05, 0) is 23.3 Å². The molecule has 0 aliphatic carbocycles. The van der Waals surface area contributed by atoms with Crippen molar-refractivity contribution in [3.8, 4) is 11.1 Å². The van der Waals surface area contributed by atoms with E-state index in [2.05, 4.69) is 10.6 Å².